The molecular formula is C15H22N2O6S2. The first-order valence-corrected chi connectivity index (χ1v) is 10.9. The van der Waals surface area contributed by atoms with Crippen molar-refractivity contribution in [3.8, 4) is 0 Å². The fourth-order valence-electron chi connectivity index (χ4n) is 2.58. The summed E-state index contributed by atoms with van der Waals surface area (Å²) >= 11 is 0. The zero-order valence-electron chi connectivity index (χ0n) is 13.9. The number of nitrogens with zero attached hydrogens (tertiary/aromatic N) is 1. The maximum absolute atomic E-state index is 12.8. The number of nitrogens with one attached hydrogen (secondary N) is 1. The Kier molecular flexibility index (Phi) is 6.20. The molecule has 1 fully saturated rings. The Morgan fingerprint density at radius 3 is 2.20 bits per heavy atom. The first kappa shape index (κ1) is 19.8. The molecule has 8 nitrogen and oxygen atoms in total. The molecule has 0 amide bonds. The molecule has 1 aliphatic heterocycles. The van der Waals surface area contributed by atoms with Crippen molar-refractivity contribution in [2.45, 2.75) is 48.4 Å². The van der Waals surface area contributed by atoms with Crippen molar-refractivity contribution in [3.63, 3.8) is 0 Å². The van der Waals surface area contributed by atoms with Crippen LogP contribution in [0.25, 0.3) is 0 Å². The molecule has 0 aromatic heterocycles. The Morgan fingerprint density at radius 2 is 1.64 bits per heavy atom. The molecule has 1 saturated heterocycles. The minimum Gasteiger partial charge on any atom is -0.480 e. The number of hydrogen-bond donors (Lipinski definition) is 2. The highest BCUT2D eigenvalue weighted by molar-refractivity contribution is 7.90. The van der Waals surface area contributed by atoms with Gasteiger partial charge in [0.15, 0.2) is 0 Å². The molecule has 0 saturated carbocycles. The number of aliphatic carboxylic acids is 1. The van der Waals surface area contributed by atoms with Gasteiger partial charge >= 0.3 is 5.97 Å². The van der Waals surface area contributed by atoms with E-state index in [1.807, 2.05) is 4.72 Å². The molecule has 1 atom stereocenters. The van der Waals surface area contributed by atoms with Gasteiger partial charge in [0, 0.05) is 13.1 Å². The van der Waals surface area contributed by atoms with Crippen molar-refractivity contribution >= 4 is 26.0 Å². The predicted molar refractivity (Wildman–Crippen MR) is 91.1 cm³/mol. The summed E-state index contributed by atoms with van der Waals surface area (Å²) in [5.41, 5.74) is 0. The van der Waals surface area contributed by atoms with Crippen molar-refractivity contribution in [2.75, 3.05) is 13.1 Å². The van der Waals surface area contributed by atoms with E-state index in [1.54, 1.807) is 0 Å². The van der Waals surface area contributed by atoms with Crippen molar-refractivity contribution < 1.29 is 26.7 Å². The van der Waals surface area contributed by atoms with Gasteiger partial charge in [-0.25, -0.2) is 16.8 Å². The standard InChI is InChI=1S/C15H22N2O6S2/c1-12(15(18)19)16-24(20,21)13-7-6-8-14(11-13)25(22,23)17-9-4-2-3-5-10-17/h6-8,11-12,16H,2-5,9-10H2,1H3,(H,18,19)/t12-/m0/s1. The van der Waals surface area contributed by atoms with Crippen LogP contribution in [0.15, 0.2) is 34.1 Å². The lowest BCUT2D eigenvalue weighted by atomic mass is 10.2. The molecule has 1 aromatic carbocycles. The van der Waals surface area contributed by atoms with Gasteiger partial charge < -0.3 is 5.11 Å². The number of carboxylic acid groups (broad SMARTS) is 1. The lowest BCUT2D eigenvalue weighted by Gasteiger charge is -2.20. The molecule has 0 radical (unpaired) electrons. The van der Waals surface area contributed by atoms with Crippen molar-refractivity contribution in [3.05, 3.63) is 24.3 Å². The number of rotatable bonds is 6. The Hall–Kier alpha value is -1.49. The van der Waals surface area contributed by atoms with E-state index in [4.69, 9.17) is 5.11 Å². The molecule has 2 N–H and O–H groups in total. The van der Waals surface area contributed by atoms with Crippen LogP contribution in [0.4, 0.5) is 0 Å². The van der Waals surface area contributed by atoms with Crippen LogP contribution >= 0.6 is 0 Å². The van der Waals surface area contributed by atoms with E-state index in [9.17, 15) is 21.6 Å². The molecule has 1 aromatic rings. The molecule has 25 heavy (non-hydrogen) atoms. The maximum Gasteiger partial charge on any atom is 0.321 e. The van der Waals surface area contributed by atoms with Gasteiger partial charge in [-0.1, -0.05) is 18.9 Å². The third-order valence-electron chi connectivity index (χ3n) is 4.02. The molecule has 140 valence electrons. The molecule has 1 heterocycles. The SMILES string of the molecule is C[C@H](NS(=O)(=O)c1cccc(S(=O)(=O)N2CCCCCC2)c1)C(=O)O. The molecular weight excluding hydrogens is 368 g/mol. The number of carbonyl (C=O) groups is 1. The lowest BCUT2D eigenvalue weighted by molar-refractivity contribution is -0.138. The van der Waals surface area contributed by atoms with Gasteiger partial charge in [-0.15, -0.1) is 0 Å². The van der Waals surface area contributed by atoms with Gasteiger partial charge in [0.1, 0.15) is 6.04 Å². The molecule has 10 heteroatoms. The van der Waals surface area contributed by atoms with Gasteiger partial charge in [-0.05, 0) is 38.0 Å². The van der Waals surface area contributed by atoms with E-state index in [2.05, 4.69) is 0 Å². The van der Waals surface area contributed by atoms with Crippen LogP contribution < -0.4 is 4.72 Å². The van der Waals surface area contributed by atoms with Crippen molar-refractivity contribution in [1.82, 2.24) is 9.03 Å². The van der Waals surface area contributed by atoms with E-state index in [-0.39, 0.29) is 9.79 Å². The topological polar surface area (TPSA) is 121 Å². The Morgan fingerprint density at radius 1 is 1.08 bits per heavy atom. The molecule has 1 aliphatic rings. The molecule has 0 unspecified atom stereocenters. The lowest BCUT2D eigenvalue weighted by Crippen LogP contribution is -2.38. The molecule has 0 bridgehead atoms. The van der Waals surface area contributed by atoms with E-state index < -0.39 is 32.1 Å². The highest BCUT2D eigenvalue weighted by atomic mass is 32.2. The second-order valence-corrected chi connectivity index (χ2v) is 9.63. The first-order valence-electron chi connectivity index (χ1n) is 8.00. The highest BCUT2D eigenvalue weighted by Gasteiger charge is 2.27. The van der Waals surface area contributed by atoms with Gasteiger partial charge in [0.25, 0.3) is 0 Å². The second-order valence-electron chi connectivity index (χ2n) is 5.97. The Balaban J connectivity index is 2.33. The molecule has 2 rings (SSSR count). The van der Waals surface area contributed by atoms with E-state index in [0.717, 1.165) is 31.7 Å². The van der Waals surface area contributed by atoms with Crippen LogP contribution in [0.1, 0.15) is 32.6 Å². The molecule has 0 spiro atoms. The van der Waals surface area contributed by atoms with Crippen LogP contribution in [-0.4, -0.2) is 51.3 Å². The van der Waals surface area contributed by atoms with Crippen LogP contribution in [0, 0.1) is 0 Å². The third kappa shape index (κ3) is 4.78. The summed E-state index contributed by atoms with van der Waals surface area (Å²) in [6.45, 7) is 2.01. The fourth-order valence-corrected chi connectivity index (χ4v) is 5.46. The zero-order chi connectivity index (χ0) is 18.7. The normalized spacial score (nSPS) is 18.4. The van der Waals surface area contributed by atoms with Crippen LogP contribution in [-0.2, 0) is 24.8 Å². The number of hydrogen-bond acceptors (Lipinski definition) is 5. The quantitative estimate of drug-likeness (QED) is 0.748. The summed E-state index contributed by atoms with van der Waals surface area (Å²) in [7, 11) is -7.93. The van der Waals surface area contributed by atoms with Gasteiger partial charge in [-0.3, -0.25) is 4.79 Å². The third-order valence-corrected chi connectivity index (χ3v) is 7.45. The second kappa shape index (κ2) is 7.81. The van der Waals surface area contributed by atoms with Crippen molar-refractivity contribution in [1.29, 1.82) is 0 Å². The molecule has 0 aliphatic carbocycles. The summed E-state index contributed by atoms with van der Waals surface area (Å²) in [5, 5.41) is 8.84. The van der Waals surface area contributed by atoms with Crippen LogP contribution in [0.5, 0.6) is 0 Å². The van der Waals surface area contributed by atoms with Crippen LogP contribution in [0.3, 0.4) is 0 Å². The average Bonchev–Trinajstić information content (AvgIpc) is 2.84. The largest absolute Gasteiger partial charge is 0.480 e. The number of benzene rings is 1. The maximum atomic E-state index is 12.8. The monoisotopic (exact) mass is 390 g/mol. The smallest absolute Gasteiger partial charge is 0.321 e. The minimum atomic E-state index is -4.14. The summed E-state index contributed by atoms with van der Waals surface area (Å²) in [4.78, 5) is 10.5. The summed E-state index contributed by atoms with van der Waals surface area (Å²) < 4.78 is 53.5. The summed E-state index contributed by atoms with van der Waals surface area (Å²) in [6.07, 6.45) is 3.48. The number of sulfonamides is 2. The first-order chi connectivity index (χ1) is 11.6. The number of carboxylic acids is 1. The Labute approximate surface area is 147 Å². The fraction of sp³-hybridized carbons (Fsp3) is 0.533. The minimum absolute atomic E-state index is 0.111. The highest BCUT2D eigenvalue weighted by Crippen LogP contribution is 2.22. The zero-order valence-corrected chi connectivity index (χ0v) is 15.5. The van der Waals surface area contributed by atoms with Gasteiger partial charge in [0.05, 0.1) is 9.79 Å². The predicted octanol–water partition coefficient (Wildman–Crippen LogP) is 1.00. The Bertz CT molecular complexity index is 827. The van der Waals surface area contributed by atoms with E-state index in [1.165, 1.54) is 29.4 Å². The van der Waals surface area contributed by atoms with Gasteiger partial charge in [0.2, 0.25) is 20.0 Å². The van der Waals surface area contributed by atoms with Gasteiger partial charge in [-0.2, -0.15) is 9.03 Å². The summed E-state index contributed by atoms with van der Waals surface area (Å²) in [6, 6.07) is 3.66. The van der Waals surface area contributed by atoms with E-state index >= 15 is 0 Å². The van der Waals surface area contributed by atoms with Crippen molar-refractivity contribution in [2.24, 2.45) is 0 Å². The van der Waals surface area contributed by atoms with Crippen LogP contribution in [0.2, 0.25) is 0 Å². The van der Waals surface area contributed by atoms with E-state index in [0.29, 0.717) is 13.1 Å². The average molecular weight is 390 g/mol. The summed E-state index contributed by atoms with van der Waals surface area (Å²) in [5.74, 6) is -1.32.